The van der Waals surface area contributed by atoms with Crippen LogP contribution >= 0.6 is 24.0 Å². The lowest BCUT2D eigenvalue weighted by atomic mass is 10.2. The molecule has 32 heavy (non-hydrogen) atoms. The van der Waals surface area contributed by atoms with Gasteiger partial charge in [-0.1, -0.05) is 54.3 Å². The van der Waals surface area contributed by atoms with Crippen LogP contribution < -0.4 is 9.64 Å². The molecule has 4 rings (SSSR count). The Balaban J connectivity index is 1.45. The number of ether oxygens (including phenoxy) is 1. The summed E-state index contributed by atoms with van der Waals surface area (Å²) in [6.07, 6.45) is 1.73. The first-order chi connectivity index (χ1) is 15.4. The maximum atomic E-state index is 12.8. The molecule has 1 saturated heterocycles. The van der Waals surface area contributed by atoms with Crippen molar-refractivity contribution in [1.82, 2.24) is 0 Å². The summed E-state index contributed by atoms with van der Waals surface area (Å²) in [6.45, 7) is 0. The number of benzene rings is 3. The Hall–Kier alpha value is -3.82. The number of anilines is 1. The van der Waals surface area contributed by atoms with Crippen molar-refractivity contribution < 1.29 is 19.2 Å². The lowest BCUT2D eigenvalue weighted by Gasteiger charge is -2.13. The van der Waals surface area contributed by atoms with Crippen molar-refractivity contribution >= 4 is 57.6 Å². The highest BCUT2D eigenvalue weighted by molar-refractivity contribution is 8.27. The van der Waals surface area contributed by atoms with Gasteiger partial charge < -0.3 is 4.74 Å². The molecule has 0 radical (unpaired) electrons. The Labute approximate surface area is 192 Å². The molecule has 3 aromatic carbocycles. The summed E-state index contributed by atoms with van der Waals surface area (Å²) in [5, 5.41) is 10.7. The van der Waals surface area contributed by atoms with E-state index in [0.717, 1.165) is 5.56 Å². The predicted molar refractivity (Wildman–Crippen MR) is 127 cm³/mol. The normalized spacial score (nSPS) is 14.6. The molecule has 0 unspecified atom stereocenters. The third-order valence-corrected chi connectivity index (χ3v) is 5.81. The summed E-state index contributed by atoms with van der Waals surface area (Å²) in [6, 6.07) is 21.0. The molecule has 0 aliphatic carbocycles. The number of carbonyl (C=O) groups is 2. The molecule has 0 N–H and O–H groups in total. The van der Waals surface area contributed by atoms with Crippen LogP contribution in [0.25, 0.3) is 6.08 Å². The number of rotatable bonds is 5. The van der Waals surface area contributed by atoms with E-state index in [1.54, 1.807) is 30.3 Å². The molecule has 9 heteroatoms. The number of hydrogen-bond donors (Lipinski definition) is 0. The quantitative estimate of drug-likeness (QED) is 0.128. The van der Waals surface area contributed by atoms with Gasteiger partial charge in [0.05, 0.1) is 21.1 Å². The molecule has 0 atom stereocenters. The predicted octanol–water partition coefficient (Wildman–Crippen LogP) is 5.22. The zero-order valence-electron chi connectivity index (χ0n) is 16.3. The molecule has 0 spiro atoms. The van der Waals surface area contributed by atoms with E-state index in [1.807, 2.05) is 30.3 Å². The zero-order chi connectivity index (χ0) is 22.7. The van der Waals surface area contributed by atoms with Crippen LogP contribution in [0.3, 0.4) is 0 Å². The fourth-order valence-corrected chi connectivity index (χ4v) is 4.24. The highest BCUT2D eigenvalue weighted by Crippen LogP contribution is 2.36. The summed E-state index contributed by atoms with van der Waals surface area (Å²) in [4.78, 5) is 37.2. The third-order valence-electron chi connectivity index (χ3n) is 4.51. The lowest BCUT2D eigenvalue weighted by Crippen LogP contribution is -2.27. The number of esters is 1. The minimum absolute atomic E-state index is 0.108. The standard InChI is InChI=1S/C23H14N2O5S2/c26-21-20(32-23(31)24(21)17-4-2-1-3-5-17)14-15-6-12-19(13-7-15)30-22(27)16-8-10-18(11-9-16)25(28)29/h1-14H/b20-14+. The number of thiocarbonyl (C=S) groups is 1. The molecule has 0 saturated carbocycles. The smallest absolute Gasteiger partial charge is 0.343 e. The second-order valence-electron chi connectivity index (χ2n) is 6.62. The van der Waals surface area contributed by atoms with E-state index in [1.165, 1.54) is 40.9 Å². The van der Waals surface area contributed by atoms with Crippen molar-refractivity contribution in [3.8, 4) is 5.75 Å². The molecular formula is C23H14N2O5S2. The zero-order valence-corrected chi connectivity index (χ0v) is 18.0. The molecule has 1 heterocycles. The van der Waals surface area contributed by atoms with E-state index in [9.17, 15) is 19.7 Å². The number of thioether (sulfide) groups is 1. The fraction of sp³-hybridized carbons (Fsp3) is 0. The van der Waals surface area contributed by atoms with Crippen molar-refractivity contribution in [3.05, 3.63) is 105 Å². The number of amides is 1. The summed E-state index contributed by atoms with van der Waals surface area (Å²) < 4.78 is 5.77. The third kappa shape index (κ3) is 4.58. The molecule has 158 valence electrons. The number of nitro benzene ring substituents is 1. The van der Waals surface area contributed by atoms with Gasteiger partial charge >= 0.3 is 5.97 Å². The van der Waals surface area contributed by atoms with Crippen LogP contribution in [0.1, 0.15) is 15.9 Å². The Bertz CT molecular complexity index is 1240. The second kappa shape index (κ2) is 9.13. The van der Waals surface area contributed by atoms with E-state index in [-0.39, 0.29) is 17.2 Å². The second-order valence-corrected chi connectivity index (χ2v) is 8.29. The van der Waals surface area contributed by atoms with Crippen LogP contribution in [0, 0.1) is 10.1 Å². The maximum absolute atomic E-state index is 12.8. The topological polar surface area (TPSA) is 89.8 Å². The number of nitro groups is 1. The molecule has 0 bridgehead atoms. The maximum Gasteiger partial charge on any atom is 0.343 e. The number of carbonyl (C=O) groups excluding carboxylic acids is 2. The number of para-hydroxylation sites is 1. The van der Waals surface area contributed by atoms with Crippen LogP contribution in [0.2, 0.25) is 0 Å². The molecule has 1 aliphatic rings. The van der Waals surface area contributed by atoms with Gasteiger partial charge in [0.25, 0.3) is 11.6 Å². The molecule has 7 nitrogen and oxygen atoms in total. The molecule has 1 fully saturated rings. The number of hydrogen-bond acceptors (Lipinski definition) is 7. The van der Waals surface area contributed by atoms with Gasteiger partial charge in [0.1, 0.15) is 5.75 Å². The van der Waals surface area contributed by atoms with Gasteiger partial charge in [0.15, 0.2) is 4.32 Å². The van der Waals surface area contributed by atoms with Gasteiger partial charge in [0.2, 0.25) is 0 Å². The first kappa shape index (κ1) is 21.4. The van der Waals surface area contributed by atoms with Crippen LogP contribution in [0.15, 0.2) is 83.8 Å². The van der Waals surface area contributed by atoms with E-state index in [0.29, 0.717) is 20.7 Å². The Kier molecular flexibility index (Phi) is 6.11. The first-order valence-electron chi connectivity index (χ1n) is 9.32. The molecule has 3 aromatic rings. The Morgan fingerprint density at radius 1 is 1.00 bits per heavy atom. The minimum atomic E-state index is -0.628. The van der Waals surface area contributed by atoms with Gasteiger partial charge in [-0.05, 0) is 48.0 Å². The fourth-order valence-electron chi connectivity index (χ4n) is 2.94. The summed E-state index contributed by atoms with van der Waals surface area (Å²) in [5.41, 5.74) is 1.55. The monoisotopic (exact) mass is 462 g/mol. The first-order valence-corrected chi connectivity index (χ1v) is 10.5. The minimum Gasteiger partial charge on any atom is -0.423 e. The highest BCUT2D eigenvalue weighted by atomic mass is 32.2. The van der Waals surface area contributed by atoms with Crippen LogP contribution in [-0.4, -0.2) is 21.1 Å². The van der Waals surface area contributed by atoms with Gasteiger partial charge in [0, 0.05) is 12.1 Å². The van der Waals surface area contributed by atoms with Gasteiger partial charge in [-0.2, -0.15) is 0 Å². The van der Waals surface area contributed by atoms with E-state index in [4.69, 9.17) is 17.0 Å². The summed E-state index contributed by atoms with van der Waals surface area (Å²) in [7, 11) is 0. The van der Waals surface area contributed by atoms with Gasteiger partial charge in [-0.15, -0.1) is 0 Å². The molecule has 1 amide bonds. The highest BCUT2D eigenvalue weighted by Gasteiger charge is 2.33. The number of non-ortho nitro benzene ring substituents is 1. The number of nitrogens with zero attached hydrogens (tertiary/aromatic N) is 2. The van der Waals surface area contributed by atoms with Crippen LogP contribution in [-0.2, 0) is 4.79 Å². The van der Waals surface area contributed by atoms with Crippen molar-refractivity contribution in [2.24, 2.45) is 0 Å². The SMILES string of the molecule is O=C(Oc1ccc(/C=C2/SC(=S)N(c3ccccc3)C2=O)cc1)c1ccc([N+](=O)[O-])cc1. The van der Waals surface area contributed by atoms with Crippen LogP contribution in [0.5, 0.6) is 5.75 Å². The van der Waals surface area contributed by atoms with E-state index >= 15 is 0 Å². The van der Waals surface area contributed by atoms with Crippen molar-refractivity contribution in [1.29, 1.82) is 0 Å². The van der Waals surface area contributed by atoms with E-state index in [2.05, 4.69) is 0 Å². The molecular weight excluding hydrogens is 448 g/mol. The average Bonchev–Trinajstić information content (AvgIpc) is 3.08. The Morgan fingerprint density at radius 2 is 1.66 bits per heavy atom. The van der Waals surface area contributed by atoms with Crippen molar-refractivity contribution in [2.75, 3.05) is 4.90 Å². The lowest BCUT2D eigenvalue weighted by molar-refractivity contribution is -0.384. The Morgan fingerprint density at radius 3 is 2.28 bits per heavy atom. The molecule has 0 aromatic heterocycles. The summed E-state index contributed by atoms with van der Waals surface area (Å²) in [5.74, 6) is -0.515. The molecule has 1 aliphatic heterocycles. The van der Waals surface area contributed by atoms with Gasteiger partial charge in [-0.25, -0.2) is 4.79 Å². The van der Waals surface area contributed by atoms with Crippen molar-refractivity contribution in [2.45, 2.75) is 0 Å². The van der Waals surface area contributed by atoms with Crippen LogP contribution in [0.4, 0.5) is 11.4 Å². The summed E-state index contributed by atoms with van der Waals surface area (Å²) >= 11 is 6.58. The van der Waals surface area contributed by atoms with Gasteiger partial charge in [-0.3, -0.25) is 19.8 Å². The largest absolute Gasteiger partial charge is 0.423 e. The van der Waals surface area contributed by atoms with E-state index < -0.39 is 10.9 Å². The van der Waals surface area contributed by atoms with Crippen molar-refractivity contribution in [3.63, 3.8) is 0 Å². The average molecular weight is 463 g/mol.